The number of amides is 3. The Labute approximate surface area is 211 Å². The van der Waals surface area contributed by atoms with Gasteiger partial charge in [0.15, 0.2) is 5.54 Å². The van der Waals surface area contributed by atoms with Crippen LogP contribution in [0.25, 0.3) is 0 Å². The van der Waals surface area contributed by atoms with Gasteiger partial charge in [-0.15, -0.1) is 12.4 Å². The number of esters is 1. The molecule has 3 amide bonds. The lowest BCUT2D eigenvalue weighted by Gasteiger charge is -2.33. The first-order valence-electron chi connectivity index (χ1n) is 10.6. The van der Waals surface area contributed by atoms with Crippen molar-refractivity contribution in [1.29, 1.82) is 5.26 Å². The second-order valence-corrected chi connectivity index (χ2v) is 8.43. The number of halogens is 4. The summed E-state index contributed by atoms with van der Waals surface area (Å²) < 4.78 is 45.9. The summed E-state index contributed by atoms with van der Waals surface area (Å²) >= 11 is 0. The molecule has 36 heavy (non-hydrogen) atoms. The van der Waals surface area contributed by atoms with Crippen LogP contribution >= 0.6 is 12.4 Å². The van der Waals surface area contributed by atoms with Crippen molar-refractivity contribution in [3.8, 4) is 6.07 Å². The number of anilines is 1. The molecule has 2 aromatic carbocycles. The largest absolute Gasteiger partial charge is 0.461 e. The summed E-state index contributed by atoms with van der Waals surface area (Å²) in [6.45, 7) is 2.82. The lowest BCUT2D eigenvalue weighted by Crippen LogP contribution is -2.50. The number of nitriles is 1. The molecule has 2 aromatic rings. The fraction of sp³-hybridized carbons (Fsp3) is 0.333. The van der Waals surface area contributed by atoms with E-state index in [1.165, 1.54) is 13.1 Å². The van der Waals surface area contributed by atoms with Gasteiger partial charge in [-0.25, -0.2) is 9.69 Å². The smallest absolute Gasteiger partial charge is 0.417 e. The summed E-state index contributed by atoms with van der Waals surface area (Å²) in [4.78, 5) is 41.1. The normalized spacial score (nSPS) is 18.6. The zero-order chi connectivity index (χ0) is 26.1. The number of nitrogens with two attached hydrogens (primary N) is 1. The second kappa shape index (κ2) is 10.6. The maximum absolute atomic E-state index is 13.8. The van der Waals surface area contributed by atoms with Gasteiger partial charge in [-0.05, 0) is 29.7 Å². The minimum Gasteiger partial charge on any atom is -0.461 e. The van der Waals surface area contributed by atoms with Gasteiger partial charge in [0.1, 0.15) is 12.6 Å². The van der Waals surface area contributed by atoms with E-state index in [4.69, 9.17) is 15.7 Å². The van der Waals surface area contributed by atoms with Crippen LogP contribution in [-0.2, 0) is 26.0 Å². The standard InChI is InChI=1S/C24H23F3N4O4.ClH/c1-14(2)19(29)20(32)35-13-23(16-7-5-4-6-8-16)21(33)31(22(34)30(23)3)17-10-9-15(12-28)18(11-17)24(25,26)27;/h4-11,14,19H,13,29H2,1-3H3;1H/t19-,23+;/m0./s1. The van der Waals surface area contributed by atoms with Gasteiger partial charge in [0.05, 0.1) is 22.9 Å². The molecule has 12 heteroatoms. The quantitative estimate of drug-likeness (QED) is 0.453. The monoisotopic (exact) mass is 524 g/mol. The molecule has 1 heterocycles. The number of rotatable bonds is 6. The predicted octanol–water partition coefficient (Wildman–Crippen LogP) is 3.82. The molecular formula is C24H24ClF3N4O4. The summed E-state index contributed by atoms with van der Waals surface area (Å²) in [5, 5.41) is 9.06. The molecule has 0 unspecified atom stereocenters. The zero-order valence-electron chi connectivity index (χ0n) is 19.6. The molecular weight excluding hydrogens is 501 g/mol. The van der Waals surface area contributed by atoms with E-state index >= 15 is 0 Å². The molecule has 0 aromatic heterocycles. The minimum absolute atomic E-state index is 0. The molecule has 192 valence electrons. The van der Waals surface area contributed by atoms with Crippen molar-refractivity contribution in [2.24, 2.45) is 11.7 Å². The van der Waals surface area contributed by atoms with Crippen molar-refractivity contribution in [2.45, 2.75) is 31.6 Å². The molecule has 0 bridgehead atoms. The van der Waals surface area contributed by atoms with Crippen molar-refractivity contribution in [3.63, 3.8) is 0 Å². The third kappa shape index (κ3) is 4.87. The lowest BCUT2D eigenvalue weighted by molar-refractivity contribution is -0.151. The zero-order valence-corrected chi connectivity index (χ0v) is 20.4. The predicted molar refractivity (Wildman–Crippen MR) is 126 cm³/mol. The van der Waals surface area contributed by atoms with Gasteiger partial charge in [-0.2, -0.15) is 18.4 Å². The number of carbonyl (C=O) groups is 3. The maximum atomic E-state index is 13.8. The van der Waals surface area contributed by atoms with Crippen LogP contribution in [0.3, 0.4) is 0 Å². The summed E-state index contributed by atoms with van der Waals surface area (Å²) in [7, 11) is 1.29. The number of benzene rings is 2. The first-order chi connectivity index (χ1) is 16.4. The highest BCUT2D eigenvalue weighted by molar-refractivity contribution is 6.23. The summed E-state index contributed by atoms with van der Waals surface area (Å²) in [6, 6.07) is 10.1. The topological polar surface area (TPSA) is 117 Å². The molecule has 0 spiro atoms. The summed E-state index contributed by atoms with van der Waals surface area (Å²) in [5.41, 5.74) is 1.97. The van der Waals surface area contributed by atoms with E-state index in [0.717, 1.165) is 17.0 Å². The Kier molecular flexibility index (Phi) is 8.39. The van der Waals surface area contributed by atoms with Gasteiger partial charge >= 0.3 is 18.2 Å². The lowest BCUT2D eigenvalue weighted by atomic mass is 9.89. The van der Waals surface area contributed by atoms with E-state index in [1.54, 1.807) is 44.2 Å². The number of urea groups is 1. The molecule has 1 fully saturated rings. The average molecular weight is 525 g/mol. The van der Waals surface area contributed by atoms with Crippen molar-refractivity contribution in [2.75, 3.05) is 18.6 Å². The highest BCUT2D eigenvalue weighted by Gasteiger charge is 2.58. The number of hydrogen-bond acceptors (Lipinski definition) is 6. The van der Waals surface area contributed by atoms with E-state index in [1.807, 2.05) is 0 Å². The van der Waals surface area contributed by atoms with Gasteiger partial charge in [0.2, 0.25) is 0 Å². The van der Waals surface area contributed by atoms with E-state index in [9.17, 15) is 27.6 Å². The molecule has 0 radical (unpaired) electrons. The Morgan fingerprint density at radius 3 is 2.31 bits per heavy atom. The van der Waals surface area contributed by atoms with Gasteiger partial charge in [0, 0.05) is 7.05 Å². The number of imide groups is 1. The van der Waals surface area contributed by atoms with Crippen LogP contribution < -0.4 is 10.6 Å². The van der Waals surface area contributed by atoms with Crippen molar-refractivity contribution in [3.05, 3.63) is 65.2 Å². The second-order valence-electron chi connectivity index (χ2n) is 8.43. The van der Waals surface area contributed by atoms with Gasteiger partial charge in [-0.3, -0.25) is 9.59 Å². The van der Waals surface area contributed by atoms with E-state index < -0.39 is 53.4 Å². The third-order valence-electron chi connectivity index (χ3n) is 5.96. The molecule has 1 saturated heterocycles. The molecule has 0 aliphatic carbocycles. The Morgan fingerprint density at radius 2 is 1.78 bits per heavy atom. The Bertz CT molecular complexity index is 1200. The maximum Gasteiger partial charge on any atom is 0.417 e. The summed E-state index contributed by atoms with van der Waals surface area (Å²) in [5.74, 6) is -1.97. The first kappa shape index (κ1) is 28.6. The van der Waals surface area contributed by atoms with Crippen LogP contribution in [0.2, 0.25) is 0 Å². The highest BCUT2D eigenvalue weighted by atomic mass is 35.5. The molecule has 3 rings (SSSR count). The highest BCUT2D eigenvalue weighted by Crippen LogP contribution is 2.41. The number of ether oxygens (including phenoxy) is 1. The van der Waals surface area contributed by atoms with Crippen molar-refractivity contribution in [1.82, 2.24) is 4.90 Å². The average Bonchev–Trinajstić information content (AvgIpc) is 3.02. The van der Waals surface area contributed by atoms with Crippen LogP contribution in [0, 0.1) is 17.2 Å². The van der Waals surface area contributed by atoms with Crippen molar-refractivity contribution >= 4 is 36.0 Å². The van der Waals surface area contributed by atoms with Gasteiger partial charge in [-0.1, -0.05) is 44.2 Å². The third-order valence-corrected chi connectivity index (χ3v) is 5.96. The van der Waals surface area contributed by atoms with Crippen LogP contribution in [0.4, 0.5) is 23.7 Å². The van der Waals surface area contributed by atoms with Crippen LogP contribution in [0.5, 0.6) is 0 Å². The molecule has 2 N–H and O–H groups in total. The fourth-order valence-electron chi connectivity index (χ4n) is 3.78. The van der Waals surface area contributed by atoms with Crippen LogP contribution in [0.1, 0.15) is 30.5 Å². The molecule has 0 saturated carbocycles. The number of nitrogens with zero attached hydrogens (tertiary/aromatic N) is 3. The Morgan fingerprint density at radius 1 is 1.17 bits per heavy atom. The molecule has 1 aliphatic heterocycles. The minimum atomic E-state index is -4.89. The number of hydrogen-bond donors (Lipinski definition) is 1. The van der Waals surface area contributed by atoms with Crippen LogP contribution in [0.15, 0.2) is 48.5 Å². The number of likely N-dealkylation sites (N-methyl/N-ethyl adjacent to an activating group) is 1. The van der Waals surface area contributed by atoms with E-state index in [-0.39, 0.29) is 24.0 Å². The summed E-state index contributed by atoms with van der Waals surface area (Å²) in [6.07, 6.45) is -4.89. The Balaban J connectivity index is 0.00000456. The SMILES string of the molecule is CC(C)[C@H](N)C(=O)OC[C@@]1(c2ccccc2)C(=O)N(c2ccc(C#N)c(C(F)(F)F)c2)C(=O)N1C.Cl. The molecule has 2 atom stereocenters. The first-order valence-corrected chi connectivity index (χ1v) is 10.6. The van der Waals surface area contributed by atoms with E-state index in [0.29, 0.717) is 16.5 Å². The van der Waals surface area contributed by atoms with E-state index in [2.05, 4.69) is 0 Å². The van der Waals surface area contributed by atoms with Gasteiger partial charge < -0.3 is 15.4 Å². The number of alkyl halides is 3. The molecule has 1 aliphatic rings. The Hall–Kier alpha value is -3.62. The molecule has 8 nitrogen and oxygen atoms in total. The van der Waals surface area contributed by atoms with Gasteiger partial charge in [0.25, 0.3) is 5.91 Å². The number of carbonyl (C=O) groups excluding carboxylic acids is 3. The fourth-order valence-corrected chi connectivity index (χ4v) is 3.78. The van der Waals surface area contributed by atoms with Crippen LogP contribution in [-0.4, -0.2) is 42.5 Å². The van der Waals surface area contributed by atoms with Crippen molar-refractivity contribution < 1.29 is 32.3 Å².